The van der Waals surface area contributed by atoms with Crippen LogP contribution >= 0.6 is 0 Å². The van der Waals surface area contributed by atoms with Crippen LogP contribution in [0.2, 0.25) is 0 Å². The molecule has 0 saturated carbocycles. The molecular formula is C16H28N2O3. The summed E-state index contributed by atoms with van der Waals surface area (Å²) in [5.41, 5.74) is 5.66. The molecule has 2 atom stereocenters. The number of carbonyl (C=O) groups is 3. The van der Waals surface area contributed by atoms with Gasteiger partial charge < -0.3 is 5.73 Å². The van der Waals surface area contributed by atoms with Crippen molar-refractivity contribution >= 4 is 17.6 Å². The molecule has 0 aliphatic carbocycles. The Kier molecular flexibility index (Phi) is 6.52. The van der Waals surface area contributed by atoms with Crippen LogP contribution in [0.4, 0.5) is 0 Å². The van der Waals surface area contributed by atoms with Gasteiger partial charge in [-0.15, -0.1) is 0 Å². The molecule has 1 aliphatic rings. The van der Waals surface area contributed by atoms with Gasteiger partial charge in [0.2, 0.25) is 11.8 Å². The van der Waals surface area contributed by atoms with Gasteiger partial charge in [0.05, 0.1) is 0 Å². The summed E-state index contributed by atoms with van der Waals surface area (Å²) in [5, 5.41) is 0. The summed E-state index contributed by atoms with van der Waals surface area (Å²) in [4.78, 5) is 37.8. The Morgan fingerprint density at radius 3 is 2.33 bits per heavy atom. The minimum atomic E-state index is -0.777. The Morgan fingerprint density at radius 1 is 1.29 bits per heavy atom. The minimum Gasteiger partial charge on any atom is -0.328 e. The number of nitrogens with two attached hydrogens (primary N) is 1. The van der Waals surface area contributed by atoms with Gasteiger partial charge >= 0.3 is 0 Å². The molecule has 0 aromatic carbocycles. The second-order valence-corrected chi connectivity index (χ2v) is 6.66. The lowest BCUT2D eigenvalue weighted by Crippen LogP contribution is -2.49. The molecule has 2 amide bonds. The van der Waals surface area contributed by atoms with Crippen LogP contribution in [0.1, 0.15) is 53.4 Å². The maximum Gasteiger partial charge on any atom is 0.233 e. The first-order valence-corrected chi connectivity index (χ1v) is 7.88. The van der Waals surface area contributed by atoms with Gasteiger partial charge in [0.1, 0.15) is 6.04 Å². The monoisotopic (exact) mass is 296 g/mol. The molecule has 1 aliphatic heterocycles. The average molecular weight is 296 g/mol. The quantitative estimate of drug-likeness (QED) is 0.692. The van der Waals surface area contributed by atoms with Crippen LogP contribution in [0, 0.1) is 17.8 Å². The lowest BCUT2D eigenvalue weighted by atomic mass is 9.94. The number of imide groups is 1. The van der Waals surface area contributed by atoms with Crippen molar-refractivity contribution < 1.29 is 14.4 Å². The van der Waals surface area contributed by atoms with Crippen molar-refractivity contribution in [2.75, 3.05) is 6.54 Å². The summed E-state index contributed by atoms with van der Waals surface area (Å²) in [5.74, 6) is -0.260. The van der Waals surface area contributed by atoms with Crippen molar-refractivity contribution in [1.82, 2.24) is 4.90 Å². The van der Waals surface area contributed by atoms with Crippen LogP contribution in [-0.2, 0) is 14.4 Å². The van der Waals surface area contributed by atoms with Gasteiger partial charge in [0.25, 0.3) is 0 Å². The molecule has 0 bridgehead atoms. The standard InChI is InChI=1S/C16H28N2O3/c1-10(2)6-5-7-14(19)13(9-17)18-15(20)8-12(11(3)4)16(18)21/h10-13H,5-9,17H2,1-4H3. The zero-order valence-corrected chi connectivity index (χ0v) is 13.6. The molecule has 1 rings (SSSR count). The molecule has 1 heterocycles. The van der Waals surface area contributed by atoms with Crippen LogP contribution in [0.15, 0.2) is 0 Å². The number of nitrogens with zero attached hydrogens (tertiary/aromatic N) is 1. The molecule has 5 nitrogen and oxygen atoms in total. The van der Waals surface area contributed by atoms with E-state index in [0.717, 1.165) is 17.7 Å². The normalized spacial score (nSPS) is 20.7. The number of carbonyl (C=O) groups excluding carboxylic acids is 3. The maximum atomic E-state index is 12.3. The fraction of sp³-hybridized carbons (Fsp3) is 0.812. The van der Waals surface area contributed by atoms with Gasteiger partial charge in [0, 0.05) is 25.3 Å². The smallest absolute Gasteiger partial charge is 0.233 e. The third kappa shape index (κ3) is 4.37. The largest absolute Gasteiger partial charge is 0.328 e. The van der Waals surface area contributed by atoms with Gasteiger partial charge in [0.15, 0.2) is 5.78 Å². The lowest BCUT2D eigenvalue weighted by Gasteiger charge is -2.25. The molecule has 0 aromatic heterocycles. The molecular weight excluding hydrogens is 268 g/mol. The third-order valence-electron chi connectivity index (χ3n) is 4.13. The first kappa shape index (κ1) is 17.8. The van der Waals surface area contributed by atoms with E-state index >= 15 is 0 Å². The first-order chi connectivity index (χ1) is 9.79. The van der Waals surface area contributed by atoms with Crippen molar-refractivity contribution in [2.24, 2.45) is 23.5 Å². The highest BCUT2D eigenvalue weighted by Crippen LogP contribution is 2.28. The fourth-order valence-corrected chi connectivity index (χ4v) is 2.76. The van der Waals surface area contributed by atoms with E-state index in [1.54, 1.807) is 0 Å². The van der Waals surface area contributed by atoms with E-state index in [4.69, 9.17) is 5.73 Å². The van der Waals surface area contributed by atoms with Gasteiger partial charge in [-0.1, -0.05) is 34.1 Å². The summed E-state index contributed by atoms with van der Waals surface area (Å²) in [6.07, 6.45) is 2.31. The van der Waals surface area contributed by atoms with Crippen molar-refractivity contribution in [1.29, 1.82) is 0 Å². The van der Waals surface area contributed by atoms with Crippen LogP contribution in [0.5, 0.6) is 0 Å². The molecule has 1 saturated heterocycles. The zero-order valence-electron chi connectivity index (χ0n) is 13.6. The third-order valence-corrected chi connectivity index (χ3v) is 4.13. The molecule has 5 heteroatoms. The molecule has 0 spiro atoms. The van der Waals surface area contributed by atoms with Crippen molar-refractivity contribution in [3.63, 3.8) is 0 Å². The van der Waals surface area contributed by atoms with Crippen LogP contribution in [0.25, 0.3) is 0 Å². The predicted molar refractivity (Wildman–Crippen MR) is 81.3 cm³/mol. The van der Waals surface area contributed by atoms with Crippen LogP contribution < -0.4 is 5.73 Å². The second-order valence-electron chi connectivity index (χ2n) is 6.66. The van der Waals surface area contributed by atoms with Gasteiger partial charge in [-0.05, 0) is 18.3 Å². The zero-order chi connectivity index (χ0) is 16.2. The van der Waals surface area contributed by atoms with E-state index in [1.807, 2.05) is 13.8 Å². The number of likely N-dealkylation sites (tertiary alicyclic amines) is 1. The molecule has 2 unspecified atom stereocenters. The van der Waals surface area contributed by atoms with Crippen molar-refractivity contribution in [2.45, 2.75) is 59.4 Å². The Morgan fingerprint density at radius 2 is 1.90 bits per heavy atom. The molecule has 120 valence electrons. The van der Waals surface area contributed by atoms with E-state index in [-0.39, 0.29) is 42.4 Å². The number of amides is 2. The highest BCUT2D eigenvalue weighted by Gasteiger charge is 2.44. The molecule has 21 heavy (non-hydrogen) atoms. The first-order valence-electron chi connectivity index (χ1n) is 7.88. The van der Waals surface area contributed by atoms with E-state index in [1.165, 1.54) is 0 Å². The second kappa shape index (κ2) is 7.69. The van der Waals surface area contributed by atoms with E-state index in [2.05, 4.69) is 13.8 Å². The maximum absolute atomic E-state index is 12.3. The van der Waals surface area contributed by atoms with E-state index in [0.29, 0.717) is 12.3 Å². The SMILES string of the molecule is CC(C)CCCC(=O)C(CN)N1C(=O)CC(C(C)C)C1=O. The number of hydrogen-bond donors (Lipinski definition) is 1. The number of Topliss-reactive ketones (excluding diaryl/α,β-unsaturated/α-hetero) is 1. The van der Waals surface area contributed by atoms with Gasteiger partial charge in [-0.2, -0.15) is 0 Å². The van der Waals surface area contributed by atoms with Crippen LogP contribution in [-0.4, -0.2) is 35.1 Å². The molecule has 1 fully saturated rings. The molecule has 0 radical (unpaired) electrons. The number of hydrogen-bond acceptors (Lipinski definition) is 4. The van der Waals surface area contributed by atoms with E-state index in [9.17, 15) is 14.4 Å². The van der Waals surface area contributed by atoms with Crippen molar-refractivity contribution in [3.05, 3.63) is 0 Å². The topological polar surface area (TPSA) is 80.5 Å². The average Bonchev–Trinajstić information content (AvgIpc) is 2.67. The summed E-state index contributed by atoms with van der Waals surface area (Å²) >= 11 is 0. The van der Waals surface area contributed by atoms with Gasteiger partial charge in [-0.25, -0.2) is 0 Å². The fourth-order valence-electron chi connectivity index (χ4n) is 2.76. The van der Waals surface area contributed by atoms with E-state index < -0.39 is 6.04 Å². The lowest BCUT2D eigenvalue weighted by molar-refractivity contribution is -0.146. The van der Waals surface area contributed by atoms with Crippen LogP contribution in [0.3, 0.4) is 0 Å². The summed E-state index contributed by atoms with van der Waals surface area (Å²) in [7, 11) is 0. The Bertz CT molecular complexity index is 404. The highest BCUT2D eigenvalue weighted by atomic mass is 16.2. The Balaban J connectivity index is 2.73. The minimum absolute atomic E-state index is 0.0167. The molecule has 2 N–H and O–H groups in total. The summed E-state index contributed by atoms with van der Waals surface area (Å²) in [6.45, 7) is 8.06. The predicted octanol–water partition coefficient (Wildman–Crippen LogP) is 1.74. The summed E-state index contributed by atoms with van der Waals surface area (Å²) in [6, 6.07) is -0.777. The van der Waals surface area contributed by atoms with Crippen molar-refractivity contribution in [3.8, 4) is 0 Å². The highest BCUT2D eigenvalue weighted by molar-refractivity contribution is 6.07. The number of ketones is 1. The molecule has 0 aromatic rings. The number of rotatable bonds is 8. The summed E-state index contributed by atoms with van der Waals surface area (Å²) < 4.78 is 0. The van der Waals surface area contributed by atoms with Gasteiger partial charge in [-0.3, -0.25) is 19.3 Å². The Hall–Kier alpha value is -1.23. The Labute approximate surface area is 127 Å².